The van der Waals surface area contributed by atoms with E-state index >= 15 is 0 Å². The third kappa shape index (κ3) is 2.77. The average Bonchev–Trinajstić information content (AvgIpc) is 2.46. The van der Waals surface area contributed by atoms with Crippen molar-refractivity contribution < 1.29 is 4.74 Å². The molecular weight excluding hydrogens is 246 g/mol. The van der Waals surface area contributed by atoms with Crippen LogP contribution in [0.5, 0.6) is 0 Å². The van der Waals surface area contributed by atoms with Crippen molar-refractivity contribution in [3.8, 4) is 0 Å². The Labute approximate surface area is 120 Å². The van der Waals surface area contributed by atoms with Gasteiger partial charge in [0.05, 0.1) is 6.61 Å². The summed E-state index contributed by atoms with van der Waals surface area (Å²) in [5, 5.41) is 3.59. The fourth-order valence-corrected chi connectivity index (χ4v) is 2.95. The Morgan fingerprint density at radius 1 is 1.05 bits per heavy atom. The van der Waals surface area contributed by atoms with Crippen LogP contribution in [0.3, 0.4) is 0 Å². The van der Waals surface area contributed by atoms with Crippen LogP contribution in [0, 0.1) is 0 Å². The van der Waals surface area contributed by atoms with E-state index in [0.29, 0.717) is 12.5 Å². The van der Waals surface area contributed by atoms with Crippen molar-refractivity contribution in [2.24, 2.45) is 0 Å². The molecule has 0 aromatic heterocycles. The SMILES string of the molecule is COCc1ccccc1CNCC1Cc2ccccc21. The van der Waals surface area contributed by atoms with Crippen LogP contribution in [0.15, 0.2) is 48.5 Å². The maximum absolute atomic E-state index is 5.25. The molecule has 104 valence electrons. The summed E-state index contributed by atoms with van der Waals surface area (Å²) in [6, 6.07) is 17.2. The fraction of sp³-hybridized carbons (Fsp3) is 0.333. The molecule has 3 rings (SSSR count). The molecule has 1 atom stereocenters. The van der Waals surface area contributed by atoms with E-state index in [1.165, 1.54) is 28.7 Å². The van der Waals surface area contributed by atoms with Gasteiger partial charge in [-0.25, -0.2) is 0 Å². The second-order valence-electron chi connectivity index (χ2n) is 5.43. The molecule has 0 saturated heterocycles. The van der Waals surface area contributed by atoms with Gasteiger partial charge in [0.2, 0.25) is 0 Å². The lowest BCUT2D eigenvalue weighted by Gasteiger charge is -2.30. The second-order valence-corrected chi connectivity index (χ2v) is 5.43. The van der Waals surface area contributed by atoms with E-state index in [0.717, 1.165) is 13.1 Å². The summed E-state index contributed by atoms with van der Waals surface area (Å²) in [6.45, 7) is 2.65. The van der Waals surface area contributed by atoms with Gasteiger partial charge in [-0.05, 0) is 28.7 Å². The Morgan fingerprint density at radius 3 is 2.60 bits per heavy atom. The van der Waals surface area contributed by atoms with Gasteiger partial charge in [-0.1, -0.05) is 48.5 Å². The molecule has 20 heavy (non-hydrogen) atoms. The van der Waals surface area contributed by atoms with Crippen LogP contribution in [0.25, 0.3) is 0 Å². The highest BCUT2D eigenvalue weighted by Gasteiger charge is 2.24. The van der Waals surface area contributed by atoms with Gasteiger partial charge >= 0.3 is 0 Å². The van der Waals surface area contributed by atoms with Crippen LogP contribution in [-0.4, -0.2) is 13.7 Å². The number of ether oxygens (including phenoxy) is 1. The molecule has 2 aromatic rings. The number of rotatable bonds is 6. The van der Waals surface area contributed by atoms with Gasteiger partial charge in [-0.2, -0.15) is 0 Å². The monoisotopic (exact) mass is 267 g/mol. The predicted molar refractivity (Wildman–Crippen MR) is 81.7 cm³/mol. The number of fused-ring (bicyclic) bond motifs is 1. The molecule has 0 spiro atoms. The summed E-state index contributed by atoms with van der Waals surface area (Å²) in [6.07, 6.45) is 1.21. The zero-order chi connectivity index (χ0) is 13.8. The van der Waals surface area contributed by atoms with Gasteiger partial charge in [-0.3, -0.25) is 0 Å². The molecule has 0 saturated carbocycles. The van der Waals surface area contributed by atoms with Crippen LogP contribution in [0.4, 0.5) is 0 Å². The maximum atomic E-state index is 5.25. The molecule has 0 aliphatic heterocycles. The van der Waals surface area contributed by atoms with E-state index in [1.54, 1.807) is 7.11 Å². The van der Waals surface area contributed by atoms with E-state index in [1.807, 2.05) is 0 Å². The second kappa shape index (κ2) is 6.21. The van der Waals surface area contributed by atoms with Gasteiger partial charge in [0.25, 0.3) is 0 Å². The highest BCUT2D eigenvalue weighted by Crippen LogP contribution is 2.34. The van der Waals surface area contributed by atoms with Crippen molar-refractivity contribution in [2.45, 2.75) is 25.5 Å². The van der Waals surface area contributed by atoms with Gasteiger partial charge in [0.15, 0.2) is 0 Å². The van der Waals surface area contributed by atoms with Crippen LogP contribution in [0.1, 0.15) is 28.2 Å². The first-order valence-corrected chi connectivity index (χ1v) is 7.22. The highest BCUT2D eigenvalue weighted by atomic mass is 16.5. The lowest BCUT2D eigenvalue weighted by Crippen LogP contribution is -2.29. The molecule has 1 N–H and O–H groups in total. The van der Waals surface area contributed by atoms with E-state index in [2.05, 4.69) is 53.8 Å². The molecular formula is C18H21NO. The minimum Gasteiger partial charge on any atom is -0.380 e. The zero-order valence-corrected chi connectivity index (χ0v) is 11.9. The van der Waals surface area contributed by atoms with Crippen molar-refractivity contribution in [3.05, 3.63) is 70.8 Å². The summed E-state index contributed by atoms with van der Waals surface area (Å²) in [7, 11) is 1.75. The van der Waals surface area contributed by atoms with Crippen molar-refractivity contribution in [1.82, 2.24) is 5.32 Å². The summed E-state index contributed by atoms with van der Waals surface area (Å²) in [4.78, 5) is 0. The van der Waals surface area contributed by atoms with E-state index in [9.17, 15) is 0 Å². The van der Waals surface area contributed by atoms with Gasteiger partial charge in [0, 0.05) is 26.1 Å². The lowest BCUT2D eigenvalue weighted by molar-refractivity contribution is 0.184. The number of hydrogen-bond donors (Lipinski definition) is 1. The molecule has 0 radical (unpaired) electrons. The Hall–Kier alpha value is -1.64. The normalized spacial score (nSPS) is 16.6. The minimum atomic E-state index is 0.681. The topological polar surface area (TPSA) is 21.3 Å². The molecule has 1 aliphatic carbocycles. The maximum Gasteiger partial charge on any atom is 0.0716 e. The molecule has 1 unspecified atom stereocenters. The summed E-state index contributed by atoms with van der Waals surface area (Å²) >= 11 is 0. The van der Waals surface area contributed by atoms with Crippen LogP contribution < -0.4 is 5.32 Å². The first kappa shape index (κ1) is 13.3. The summed E-state index contributed by atoms with van der Waals surface area (Å²) < 4.78 is 5.25. The largest absolute Gasteiger partial charge is 0.380 e. The van der Waals surface area contributed by atoms with Crippen LogP contribution >= 0.6 is 0 Å². The van der Waals surface area contributed by atoms with E-state index < -0.39 is 0 Å². The summed E-state index contributed by atoms with van der Waals surface area (Å²) in [5.74, 6) is 0.681. The Kier molecular flexibility index (Phi) is 4.14. The third-order valence-corrected chi connectivity index (χ3v) is 4.09. The van der Waals surface area contributed by atoms with Crippen molar-refractivity contribution in [3.63, 3.8) is 0 Å². The first-order chi connectivity index (χ1) is 9.88. The molecule has 0 fully saturated rings. The highest BCUT2D eigenvalue weighted by molar-refractivity contribution is 5.40. The van der Waals surface area contributed by atoms with E-state index in [-0.39, 0.29) is 0 Å². The molecule has 2 heteroatoms. The Morgan fingerprint density at radius 2 is 1.80 bits per heavy atom. The average molecular weight is 267 g/mol. The van der Waals surface area contributed by atoms with Crippen LogP contribution in [-0.2, 0) is 24.3 Å². The third-order valence-electron chi connectivity index (χ3n) is 4.09. The molecule has 0 heterocycles. The first-order valence-electron chi connectivity index (χ1n) is 7.22. The number of methoxy groups -OCH3 is 1. The molecule has 1 aliphatic rings. The zero-order valence-electron chi connectivity index (χ0n) is 11.9. The lowest BCUT2D eigenvalue weighted by atomic mass is 9.77. The number of hydrogen-bond acceptors (Lipinski definition) is 2. The fourth-order valence-electron chi connectivity index (χ4n) is 2.95. The molecule has 0 amide bonds. The Bertz CT molecular complexity index is 579. The van der Waals surface area contributed by atoms with Gasteiger partial charge in [0.1, 0.15) is 0 Å². The number of nitrogens with one attached hydrogen (secondary N) is 1. The standard InChI is InChI=1S/C18H21NO/c1-20-13-16-8-3-2-7-15(16)11-19-12-17-10-14-6-4-5-9-18(14)17/h2-9,17,19H,10-13H2,1H3. The molecule has 0 bridgehead atoms. The van der Waals surface area contributed by atoms with Crippen molar-refractivity contribution in [1.29, 1.82) is 0 Å². The molecule has 2 nitrogen and oxygen atoms in total. The van der Waals surface area contributed by atoms with Crippen LogP contribution in [0.2, 0.25) is 0 Å². The van der Waals surface area contributed by atoms with Crippen molar-refractivity contribution >= 4 is 0 Å². The van der Waals surface area contributed by atoms with Crippen molar-refractivity contribution in [2.75, 3.05) is 13.7 Å². The molecule has 2 aromatic carbocycles. The van der Waals surface area contributed by atoms with Gasteiger partial charge in [-0.15, -0.1) is 0 Å². The Balaban J connectivity index is 1.54. The smallest absolute Gasteiger partial charge is 0.0716 e. The minimum absolute atomic E-state index is 0.681. The quantitative estimate of drug-likeness (QED) is 0.867. The predicted octanol–water partition coefficient (Wildman–Crippen LogP) is 3.26. The number of benzene rings is 2. The van der Waals surface area contributed by atoms with E-state index in [4.69, 9.17) is 4.74 Å². The van der Waals surface area contributed by atoms with Gasteiger partial charge < -0.3 is 10.1 Å². The summed E-state index contributed by atoms with van der Waals surface area (Å²) in [5.41, 5.74) is 5.64.